The second-order valence-corrected chi connectivity index (χ2v) is 3.76. The molecule has 0 N–H and O–H groups in total. The number of hydrogen-bond acceptors (Lipinski definition) is 1. The van der Waals surface area contributed by atoms with Gasteiger partial charge in [-0.3, -0.25) is 4.90 Å². The average molecular weight is 167 g/mol. The van der Waals surface area contributed by atoms with Gasteiger partial charge in [-0.05, 0) is 32.9 Å². The van der Waals surface area contributed by atoms with Crippen LogP contribution in [0.5, 0.6) is 0 Å². The van der Waals surface area contributed by atoms with Gasteiger partial charge in [-0.25, -0.2) is 0 Å². The van der Waals surface area contributed by atoms with Crippen molar-refractivity contribution in [3.05, 3.63) is 12.2 Å². The molecule has 0 saturated carbocycles. The maximum atomic E-state index is 2.47. The summed E-state index contributed by atoms with van der Waals surface area (Å²) in [4.78, 5) is 2.47. The molecule has 0 aromatic carbocycles. The molecular formula is C11H21N. The first kappa shape index (κ1) is 9.79. The van der Waals surface area contributed by atoms with Gasteiger partial charge in [0.25, 0.3) is 0 Å². The third-order valence-corrected chi connectivity index (χ3v) is 2.64. The summed E-state index contributed by atoms with van der Waals surface area (Å²) in [6, 6.07) is 0.727. The van der Waals surface area contributed by atoms with Crippen LogP contribution in [-0.2, 0) is 0 Å². The Morgan fingerprint density at radius 1 is 1.42 bits per heavy atom. The first-order valence-corrected chi connectivity index (χ1v) is 5.21. The molecule has 0 bridgehead atoms. The van der Waals surface area contributed by atoms with Gasteiger partial charge < -0.3 is 0 Å². The fourth-order valence-electron chi connectivity index (χ4n) is 1.76. The molecule has 0 aliphatic carbocycles. The minimum Gasteiger partial charge on any atom is -0.300 e. The van der Waals surface area contributed by atoms with Gasteiger partial charge in [-0.2, -0.15) is 0 Å². The maximum Gasteiger partial charge on any atom is 0.0275 e. The molecule has 1 fully saturated rings. The van der Waals surface area contributed by atoms with E-state index in [4.69, 9.17) is 0 Å². The van der Waals surface area contributed by atoms with Crippen molar-refractivity contribution in [2.75, 3.05) is 13.6 Å². The molecule has 0 aromatic heterocycles. The third kappa shape index (κ3) is 2.98. The minimum atomic E-state index is 0.727. The highest BCUT2D eigenvalue weighted by atomic mass is 15.1. The van der Waals surface area contributed by atoms with E-state index in [1.807, 2.05) is 0 Å². The van der Waals surface area contributed by atoms with E-state index < -0.39 is 0 Å². The molecule has 1 atom stereocenters. The molecule has 0 radical (unpaired) electrons. The van der Waals surface area contributed by atoms with Crippen molar-refractivity contribution in [2.24, 2.45) is 0 Å². The number of piperidine rings is 1. The molecule has 12 heavy (non-hydrogen) atoms. The molecule has 0 spiro atoms. The highest BCUT2D eigenvalue weighted by molar-refractivity contribution is 4.95. The molecule has 1 aliphatic heterocycles. The Balaban J connectivity index is 2.28. The minimum absolute atomic E-state index is 0.727. The van der Waals surface area contributed by atoms with E-state index >= 15 is 0 Å². The maximum absolute atomic E-state index is 2.47. The summed E-state index contributed by atoms with van der Waals surface area (Å²) in [5.41, 5.74) is 0. The van der Waals surface area contributed by atoms with Gasteiger partial charge in [0.15, 0.2) is 0 Å². The third-order valence-electron chi connectivity index (χ3n) is 2.64. The molecule has 1 heterocycles. The fourth-order valence-corrected chi connectivity index (χ4v) is 1.76. The van der Waals surface area contributed by atoms with Gasteiger partial charge in [0, 0.05) is 6.04 Å². The average Bonchev–Trinajstić information content (AvgIpc) is 2.09. The number of rotatable bonds is 3. The van der Waals surface area contributed by atoms with Gasteiger partial charge in [-0.15, -0.1) is 0 Å². The summed E-state index contributed by atoms with van der Waals surface area (Å²) in [5, 5.41) is 0. The van der Waals surface area contributed by atoms with Crippen LogP contribution in [0.1, 0.15) is 39.0 Å². The number of hydrogen-bond donors (Lipinski definition) is 0. The summed E-state index contributed by atoms with van der Waals surface area (Å²) in [5.74, 6) is 0. The molecule has 0 amide bonds. The molecular weight excluding hydrogens is 146 g/mol. The number of likely N-dealkylation sites (N-methyl/N-ethyl adjacent to an activating group) is 1. The topological polar surface area (TPSA) is 3.24 Å². The lowest BCUT2D eigenvalue weighted by Gasteiger charge is -2.30. The number of nitrogens with zero attached hydrogens (tertiary/aromatic N) is 1. The van der Waals surface area contributed by atoms with Crippen LogP contribution < -0.4 is 0 Å². The summed E-state index contributed by atoms with van der Waals surface area (Å²) in [6.45, 7) is 3.51. The molecule has 1 saturated heterocycles. The Morgan fingerprint density at radius 2 is 2.25 bits per heavy atom. The van der Waals surface area contributed by atoms with Crippen molar-refractivity contribution in [3.8, 4) is 0 Å². The van der Waals surface area contributed by atoms with E-state index in [2.05, 4.69) is 31.0 Å². The van der Waals surface area contributed by atoms with Crippen LogP contribution in [0.25, 0.3) is 0 Å². The van der Waals surface area contributed by atoms with E-state index in [1.54, 1.807) is 0 Å². The molecule has 1 heteroatoms. The standard InChI is InChI=1S/C11H21N/c1-3-4-5-8-11-9-6-7-10-12(11)2/h5,8,11H,3-4,6-7,9-10H2,1-2H3. The van der Waals surface area contributed by atoms with E-state index in [1.165, 1.54) is 38.6 Å². The van der Waals surface area contributed by atoms with Gasteiger partial charge in [0.05, 0.1) is 0 Å². The van der Waals surface area contributed by atoms with E-state index in [-0.39, 0.29) is 0 Å². The second-order valence-electron chi connectivity index (χ2n) is 3.76. The monoisotopic (exact) mass is 167 g/mol. The summed E-state index contributed by atoms with van der Waals surface area (Å²) < 4.78 is 0. The summed E-state index contributed by atoms with van der Waals surface area (Å²) in [7, 11) is 2.24. The smallest absolute Gasteiger partial charge is 0.0275 e. The zero-order valence-electron chi connectivity index (χ0n) is 8.42. The molecule has 1 aliphatic rings. The first-order valence-electron chi connectivity index (χ1n) is 5.21. The second kappa shape index (κ2) is 5.36. The number of allylic oxidation sites excluding steroid dienone is 1. The van der Waals surface area contributed by atoms with E-state index in [0.717, 1.165) is 6.04 Å². The van der Waals surface area contributed by atoms with Gasteiger partial charge >= 0.3 is 0 Å². The Bertz CT molecular complexity index is 140. The lowest BCUT2D eigenvalue weighted by molar-refractivity contribution is 0.222. The molecule has 1 rings (SSSR count). The Morgan fingerprint density at radius 3 is 2.92 bits per heavy atom. The van der Waals surface area contributed by atoms with Crippen LogP contribution in [0.2, 0.25) is 0 Å². The van der Waals surface area contributed by atoms with Crippen molar-refractivity contribution < 1.29 is 0 Å². The molecule has 1 nitrogen and oxygen atoms in total. The largest absolute Gasteiger partial charge is 0.300 e. The predicted octanol–water partition coefficient (Wildman–Crippen LogP) is 2.83. The highest BCUT2D eigenvalue weighted by Crippen LogP contribution is 2.15. The first-order chi connectivity index (χ1) is 5.84. The van der Waals surface area contributed by atoms with Crippen LogP contribution in [-0.4, -0.2) is 24.5 Å². The van der Waals surface area contributed by atoms with Crippen molar-refractivity contribution >= 4 is 0 Å². The van der Waals surface area contributed by atoms with Crippen LogP contribution in [0.4, 0.5) is 0 Å². The van der Waals surface area contributed by atoms with Crippen molar-refractivity contribution in [2.45, 2.75) is 45.1 Å². The number of unbranched alkanes of at least 4 members (excludes halogenated alkanes) is 1. The van der Waals surface area contributed by atoms with Gasteiger partial charge in [0.1, 0.15) is 0 Å². The number of likely N-dealkylation sites (tertiary alicyclic amines) is 1. The Hall–Kier alpha value is -0.300. The van der Waals surface area contributed by atoms with Crippen LogP contribution >= 0.6 is 0 Å². The summed E-state index contributed by atoms with van der Waals surface area (Å²) in [6.07, 6.45) is 11.4. The Labute approximate surface area is 76.5 Å². The zero-order valence-corrected chi connectivity index (χ0v) is 8.42. The fraction of sp³-hybridized carbons (Fsp3) is 0.818. The molecule has 70 valence electrons. The highest BCUT2D eigenvalue weighted by Gasteiger charge is 2.14. The predicted molar refractivity (Wildman–Crippen MR) is 54.3 cm³/mol. The van der Waals surface area contributed by atoms with E-state index in [0.29, 0.717) is 0 Å². The summed E-state index contributed by atoms with van der Waals surface area (Å²) >= 11 is 0. The Kier molecular flexibility index (Phi) is 4.37. The zero-order chi connectivity index (χ0) is 8.81. The van der Waals surface area contributed by atoms with Crippen LogP contribution in [0, 0.1) is 0 Å². The molecule has 1 unspecified atom stereocenters. The van der Waals surface area contributed by atoms with Crippen LogP contribution in [0.15, 0.2) is 12.2 Å². The lowest BCUT2D eigenvalue weighted by atomic mass is 10.0. The van der Waals surface area contributed by atoms with Crippen molar-refractivity contribution in [1.82, 2.24) is 4.90 Å². The van der Waals surface area contributed by atoms with E-state index in [9.17, 15) is 0 Å². The lowest BCUT2D eigenvalue weighted by Crippen LogP contribution is -2.34. The van der Waals surface area contributed by atoms with Crippen molar-refractivity contribution in [1.29, 1.82) is 0 Å². The van der Waals surface area contributed by atoms with Gasteiger partial charge in [-0.1, -0.05) is 31.9 Å². The molecule has 0 aromatic rings. The SMILES string of the molecule is CCCC=CC1CCCCN1C. The normalized spacial score (nSPS) is 26.7. The van der Waals surface area contributed by atoms with Crippen LogP contribution in [0.3, 0.4) is 0 Å². The van der Waals surface area contributed by atoms with Crippen molar-refractivity contribution in [3.63, 3.8) is 0 Å². The quantitative estimate of drug-likeness (QED) is 0.584. The van der Waals surface area contributed by atoms with Gasteiger partial charge in [0.2, 0.25) is 0 Å².